The molecule has 2 nitrogen and oxygen atoms in total. The summed E-state index contributed by atoms with van der Waals surface area (Å²) >= 11 is 9.32. The van der Waals surface area contributed by atoms with Gasteiger partial charge in [-0.1, -0.05) is 17.7 Å². The van der Waals surface area contributed by atoms with E-state index in [9.17, 15) is 9.50 Å². The second kappa shape index (κ2) is 5.49. The average molecular weight is 345 g/mol. The van der Waals surface area contributed by atoms with Crippen molar-refractivity contribution >= 4 is 33.2 Å². The molecule has 2 rings (SSSR count). The van der Waals surface area contributed by atoms with Crippen LogP contribution in [-0.2, 0) is 0 Å². The Hall–Kier alpha value is -1.10. The average Bonchev–Trinajstić information content (AvgIpc) is 2.37. The number of aliphatic hydroxyl groups is 1. The fraction of sp³-hybridized carbons (Fsp3) is 0.143. The molecule has 0 aliphatic heterocycles. The lowest BCUT2D eigenvalue weighted by molar-refractivity contribution is 0.220. The van der Waals surface area contributed by atoms with Gasteiger partial charge in [0.15, 0.2) is 0 Å². The summed E-state index contributed by atoms with van der Waals surface area (Å²) in [6, 6.07) is 7.50. The summed E-state index contributed by atoms with van der Waals surface area (Å²) in [5, 5.41) is 10.7. The van der Waals surface area contributed by atoms with Crippen LogP contribution in [0.5, 0.6) is 0 Å². The molecule has 0 aromatic heterocycles. The summed E-state index contributed by atoms with van der Waals surface area (Å²) in [4.78, 5) is 0. The molecule has 0 aliphatic rings. The van der Waals surface area contributed by atoms with E-state index in [0.29, 0.717) is 26.3 Å². The molecule has 0 radical (unpaired) electrons. The Morgan fingerprint density at radius 3 is 2.68 bits per heavy atom. The topological polar surface area (TPSA) is 46.2 Å². The minimum atomic E-state index is -1.07. The van der Waals surface area contributed by atoms with Crippen molar-refractivity contribution in [2.24, 2.45) is 0 Å². The first kappa shape index (κ1) is 14.3. The lowest BCUT2D eigenvalue weighted by atomic mass is 9.96. The largest absolute Gasteiger partial charge is 0.397 e. The zero-order valence-electron chi connectivity index (χ0n) is 10.1. The van der Waals surface area contributed by atoms with Gasteiger partial charge >= 0.3 is 0 Å². The molecule has 1 unspecified atom stereocenters. The van der Waals surface area contributed by atoms with Crippen LogP contribution in [0.4, 0.5) is 10.1 Å². The molecular weight excluding hydrogens is 333 g/mol. The van der Waals surface area contributed by atoms with E-state index >= 15 is 0 Å². The lowest BCUT2D eigenvalue weighted by Gasteiger charge is -2.18. The highest BCUT2D eigenvalue weighted by molar-refractivity contribution is 9.10. The van der Waals surface area contributed by atoms with Crippen molar-refractivity contribution < 1.29 is 9.50 Å². The SMILES string of the molecule is Cc1ccc(Br)c(N)c1C(O)c1cc(F)ccc1Cl. The van der Waals surface area contributed by atoms with Crippen molar-refractivity contribution in [2.75, 3.05) is 5.73 Å². The molecule has 2 aromatic carbocycles. The molecule has 0 aliphatic carbocycles. The number of hydrogen-bond donors (Lipinski definition) is 2. The van der Waals surface area contributed by atoms with Gasteiger partial charge in [0, 0.05) is 20.6 Å². The van der Waals surface area contributed by atoms with Gasteiger partial charge in [0.25, 0.3) is 0 Å². The van der Waals surface area contributed by atoms with E-state index in [0.717, 1.165) is 5.56 Å². The first-order valence-electron chi connectivity index (χ1n) is 5.59. The van der Waals surface area contributed by atoms with Crippen LogP contribution in [0.3, 0.4) is 0 Å². The van der Waals surface area contributed by atoms with Crippen LogP contribution >= 0.6 is 27.5 Å². The Bertz CT molecular complexity index is 633. The minimum Gasteiger partial charge on any atom is -0.397 e. The first-order valence-corrected chi connectivity index (χ1v) is 6.76. The van der Waals surface area contributed by atoms with Gasteiger partial charge in [-0.15, -0.1) is 0 Å². The Balaban J connectivity index is 2.59. The number of halogens is 3. The highest BCUT2D eigenvalue weighted by Gasteiger charge is 2.20. The highest BCUT2D eigenvalue weighted by Crippen LogP contribution is 2.36. The minimum absolute atomic E-state index is 0.299. The van der Waals surface area contributed by atoms with Gasteiger partial charge in [-0.25, -0.2) is 4.39 Å². The van der Waals surface area contributed by atoms with E-state index in [1.54, 1.807) is 6.07 Å². The molecule has 0 heterocycles. The number of anilines is 1. The number of hydrogen-bond acceptors (Lipinski definition) is 2. The fourth-order valence-electron chi connectivity index (χ4n) is 1.96. The standard InChI is InChI=1S/C14H12BrClFNO/c1-7-2-4-10(15)13(18)12(7)14(19)9-6-8(17)3-5-11(9)16/h2-6,14,19H,18H2,1H3. The third-order valence-corrected chi connectivity index (χ3v) is 4.01. The molecule has 1 atom stereocenters. The molecule has 19 heavy (non-hydrogen) atoms. The molecule has 0 spiro atoms. The van der Waals surface area contributed by atoms with E-state index in [4.69, 9.17) is 17.3 Å². The predicted molar refractivity (Wildman–Crippen MR) is 78.8 cm³/mol. The Labute approximate surface area is 124 Å². The number of rotatable bonds is 2. The van der Waals surface area contributed by atoms with Crippen LogP contribution in [0.1, 0.15) is 22.8 Å². The number of nitrogen functional groups attached to an aromatic ring is 1. The normalized spacial score (nSPS) is 12.5. The number of nitrogens with two attached hydrogens (primary N) is 1. The summed E-state index contributed by atoms with van der Waals surface area (Å²) in [6.07, 6.45) is -1.07. The van der Waals surface area contributed by atoms with Gasteiger partial charge in [-0.05, 0) is 52.7 Å². The van der Waals surface area contributed by atoms with Gasteiger partial charge < -0.3 is 10.8 Å². The smallest absolute Gasteiger partial charge is 0.123 e. The summed E-state index contributed by atoms with van der Waals surface area (Å²) in [7, 11) is 0. The Morgan fingerprint density at radius 1 is 1.32 bits per heavy atom. The van der Waals surface area contributed by atoms with E-state index < -0.39 is 11.9 Å². The Morgan fingerprint density at radius 2 is 2.00 bits per heavy atom. The summed E-state index contributed by atoms with van der Waals surface area (Å²) < 4.78 is 14.0. The second-order valence-corrected chi connectivity index (χ2v) is 5.52. The lowest BCUT2D eigenvalue weighted by Crippen LogP contribution is -2.07. The molecule has 2 aromatic rings. The van der Waals surface area contributed by atoms with Crippen molar-refractivity contribution in [3.63, 3.8) is 0 Å². The van der Waals surface area contributed by atoms with Crippen molar-refractivity contribution in [1.29, 1.82) is 0 Å². The second-order valence-electron chi connectivity index (χ2n) is 4.26. The Kier molecular flexibility index (Phi) is 4.13. The zero-order valence-corrected chi connectivity index (χ0v) is 12.5. The van der Waals surface area contributed by atoms with Crippen LogP contribution in [0.25, 0.3) is 0 Å². The molecule has 0 saturated heterocycles. The third kappa shape index (κ3) is 2.76. The van der Waals surface area contributed by atoms with E-state index in [2.05, 4.69) is 15.9 Å². The monoisotopic (exact) mass is 343 g/mol. The highest BCUT2D eigenvalue weighted by atomic mass is 79.9. The van der Waals surface area contributed by atoms with Gasteiger partial charge in [0.05, 0.1) is 5.69 Å². The van der Waals surface area contributed by atoms with Gasteiger partial charge in [0.2, 0.25) is 0 Å². The third-order valence-electron chi connectivity index (χ3n) is 2.98. The van der Waals surface area contributed by atoms with Crippen molar-refractivity contribution in [2.45, 2.75) is 13.0 Å². The molecule has 3 N–H and O–H groups in total. The number of aliphatic hydroxyl groups excluding tert-OH is 1. The molecule has 0 fully saturated rings. The molecule has 0 amide bonds. The van der Waals surface area contributed by atoms with Gasteiger partial charge in [-0.2, -0.15) is 0 Å². The number of aryl methyl sites for hydroxylation is 1. The molecule has 100 valence electrons. The van der Waals surface area contributed by atoms with Crippen molar-refractivity contribution in [1.82, 2.24) is 0 Å². The van der Waals surface area contributed by atoms with Crippen LogP contribution < -0.4 is 5.73 Å². The van der Waals surface area contributed by atoms with E-state index in [1.165, 1.54) is 18.2 Å². The number of benzene rings is 2. The predicted octanol–water partition coefficient (Wildman–Crippen LogP) is 4.21. The van der Waals surface area contributed by atoms with Crippen molar-refractivity contribution in [3.05, 3.63) is 62.3 Å². The molecule has 0 bridgehead atoms. The zero-order chi connectivity index (χ0) is 14.2. The molecule has 5 heteroatoms. The first-order chi connectivity index (χ1) is 8.91. The molecular formula is C14H12BrClFNO. The van der Waals surface area contributed by atoms with Crippen LogP contribution in [0.2, 0.25) is 5.02 Å². The van der Waals surface area contributed by atoms with Gasteiger partial charge in [0.1, 0.15) is 11.9 Å². The van der Waals surface area contributed by atoms with Crippen LogP contribution in [0, 0.1) is 12.7 Å². The van der Waals surface area contributed by atoms with Crippen LogP contribution in [-0.4, -0.2) is 5.11 Å². The molecule has 0 saturated carbocycles. The summed E-state index contributed by atoms with van der Waals surface area (Å²) in [6.45, 7) is 1.83. The quantitative estimate of drug-likeness (QED) is 0.802. The maximum absolute atomic E-state index is 13.3. The summed E-state index contributed by atoms with van der Waals surface area (Å²) in [5.74, 6) is -0.454. The van der Waals surface area contributed by atoms with E-state index in [1.807, 2.05) is 13.0 Å². The van der Waals surface area contributed by atoms with Gasteiger partial charge in [-0.3, -0.25) is 0 Å². The maximum Gasteiger partial charge on any atom is 0.123 e. The van der Waals surface area contributed by atoms with Crippen LogP contribution in [0.15, 0.2) is 34.8 Å². The fourth-order valence-corrected chi connectivity index (χ4v) is 2.53. The summed E-state index contributed by atoms with van der Waals surface area (Å²) in [5.41, 5.74) is 8.03. The van der Waals surface area contributed by atoms with Crippen molar-refractivity contribution in [3.8, 4) is 0 Å². The maximum atomic E-state index is 13.3. The van der Waals surface area contributed by atoms with E-state index in [-0.39, 0.29) is 0 Å².